The number of nitrogens with one attached hydrogen (secondary N) is 2. The van der Waals surface area contributed by atoms with E-state index in [0.717, 1.165) is 0 Å². The van der Waals surface area contributed by atoms with Gasteiger partial charge in [-0.05, 0) is 42.7 Å². The quantitative estimate of drug-likeness (QED) is 0.823. The fourth-order valence-corrected chi connectivity index (χ4v) is 2.81. The lowest BCUT2D eigenvalue weighted by Crippen LogP contribution is -2.44. The summed E-state index contributed by atoms with van der Waals surface area (Å²) in [6.45, 7) is 2.76. The molecule has 0 saturated carbocycles. The van der Waals surface area contributed by atoms with Crippen LogP contribution < -0.4 is 10.6 Å². The number of anilines is 1. The molecular weight excluding hydrogens is 340 g/mol. The number of carbonyl (C=O) groups excluding carboxylic acids is 2. The first-order valence-electron chi connectivity index (χ1n) is 8.05. The number of hydrogen-bond donors (Lipinski definition) is 2. The summed E-state index contributed by atoms with van der Waals surface area (Å²) in [5, 5.41) is 6.12. The van der Waals surface area contributed by atoms with Crippen LogP contribution in [0.15, 0.2) is 48.5 Å². The first kappa shape index (κ1) is 19.0. The molecule has 1 heterocycles. The Balaban J connectivity index is 0.00000225. The summed E-state index contributed by atoms with van der Waals surface area (Å²) in [4.78, 5) is 24.3. The molecule has 1 aliphatic heterocycles. The van der Waals surface area contributed by atoms with Crippen molar-refractivity contribution in [1.29, 1.82) is 0 Å². The molecular formula is C19H21ClN2O3. The maximum Gasteiger partial charge on any atom is 0.338 e. The number of fused-ring (bicyclic) bond motifs is 1. The van der Waals surface area contributed by atoms with Crippen LogP contribution in [-0.2, 0) is 22.5 Å². The average Bonchev–Trinajstić information content (AvgIpc) is 2.61. The lowest BCUT2D eigenvalue weighted by Gasteiger charge is -2.25. The molecule has 25 heavy (non-hydrogen) atoms. The van der Waals surface area contributed by atoms with Crippen LogP contribution in [0.1, 0.15) is 28.4 Å². The minimum absolute atomic E-state index is 0. The number of ether oxygens (including phenoxy) is 1. The molecule has 2 aromatic carbocycles. The van der Waals surface area contributed by atoms with E-state index < -0.39 is 5.97 Å². The molecule has 132 valence electrons. The average molecular weight is 361 g/mol. The van der Waals surface area contributed by atoms with Gasteiger partial charge in [-0.2, -0.15) is 0 Å². The van der Waals surface area contributed by atoms with E-state index in [1.54, 1.807) is 31.2 Å². The minimum atomic E-state index is -0.390. The number of hydrogen-bond acceptors (Lipinski definition) is 4. The van der Waals surface area contributed by atoms with Crippen molar-refractivity contribution in [3.63, 3.8) is 0 Å². The maximum absolute atomic E-state index is 12.5. The second kappa shape index (κ2) is 8.65. The Morgan fingerprint density at radius 2 is 1.92 bits per heavy atom. The van der Waals surface area contributed by atoms with Crippen LogP contribution in [0.4, 0.5) is 5.69 Å². The zero-order valence-corrected chi connectivity index (χ0v) is 14.8. The molecule has 1 unspecified atom stereocenters. The van der Waals surface area contributed by atoms with Crippen LogP contribution in [-0.4, -0.2) is 24.5 Å². The molecule has 3 rings (SSSR count). The Hall–Kier alpha value is -2.37. The van der Waals surface area contributed by atoms with Crippen molar-refractivity contribution >= 4 is 30.0 Å². The lowest BCUT2D eigenvalue weighted by molar-refractivity contribution is -0.118. The summed E-state index contributed by atoms with van der Waals surface area (Å²) < 4.78 is 4.98. The second-order valence-corrected chi connectivity index (χ2v) is 5.70. The van der Waals surface area contributed by atoms with Gasteiger partial charge in [0.1, 0.15) is 0 Å². The van der Waals surface area contributed by atoms with Gasteiger partial charge in [0.15, 0.2) is 0 Å². The molecule has 1 aliphatic rings. The van der Waals surface area contributed by atoms with Crippen LogP contribution in [0, 0.1) is 0 Å². The molecule has 6 heteroatoms. The molecule has 2 N–H and O–H groups in total. The van der Waals surface area contributed by atoms with Gasteiger partial charge in [0.25, 0.3) is 0 Å². The number of halogens is 1. The van der Waals surface area contributed by atoms with Gasteiger partial charge < -0.3 is 15.4 Å². The van der Waals surface area contributed by atoms with Gasteiger partial charge >= 0.3 is 5.97 Å². The molecule has 0 bridgehead atoms. The zero-order valence-electron chi connectivity index (χ0n) is 14.0. The molecule has 0 saturated heterocycles. The van der Waals surface area contributed by atoms with Gasteiger partial charge in [-0.1, -0.05) is 30.3 Å². The van der Waals surface area contributed by atoms with Crippen LogP contribution in [0.3, 0.4) is 0 Å². The van der Waals surface area contributed by atoms with Gasteiger partial charge in [0.2, 0.25) is 5.91 Å². The third kappa shape index (κ3) is 4.59. The van der Waals surface area contributed by atoms with Gasteiger partial charge in [-0.15, -0.1) is 12.4 Å². The van der Waals surface area contributed by atoms with Crippen molar-refractivity contribution in [2.45, 2.75) is 25.9 Å². The molecule has 0 aliphatic carbocycles. The number of carbonyl (C=O) groups is 2. The SMILES string of the molecule is CCOC(=O)c1cccc(NC(=O)C2Cc3ccccc3CN2)c1.Cl. The van der Waals surface area contributed by atoms with Crippen molar-refractivity contribution in [2.24, 2.45) is 0 Å². The van der Waals surface area contributed by atoms with Gasteiger partial charge in [0.05, 0.1) is 18.2 Å². The van der Waals surface area contributed by atoms with Gasteiger partial charge in [-0.25, -0.2) is 4.79 Å². The van der Waals surface area contributed by atoms with Gasteiger partial charge in [0, 0.05) is 12.2 Å². The fraction of sp³-hybridized carbons (Fsp3) is 0.263. The topological polar surface area (TPSA) is 67.4 Å². The first-order valence-corrected chi connectivity index (χ1v) is 8.05. The molecule has 0 spiro atoms. The second-order valence-electron chi connectivity index (χ2n) is 5.70. The van der Waals surface area contributed by atoms with Crippen LogP contribution >= 0.6 is 12.4 Å². The summed E-state index contributed by atoms with van der Waals surface area (Å²) in [7, 11) is 0. The normalized spacial score (nSPS) is 15.5. The van der Waals surface area contributed by atoms with E-state index in [4.69, 9.17) is 4.74 Å². The Labute approximate surface area is 153 Å². The van der Waals surface area contributed by atoms with Crippen molar-refractivity contribution in [1.82, 2.24) is 5.32 Å². The lowest BCUT2D eigenvalue weighted by atomic mass is 9.95. The van der Waals surface area contributed by atoms with Crippen LogP contribution in [0.25, 0.3) is 0 Å². The predicted molar refractivity (Wildman–Crippen MR) is 99.0 cm³/mol. The number of rotatable bonds is 4. The highest BCUT2D eigenvalue weighted by Gasteiger charge is 2.24. The Morgan fingerprint density at radius 3 is 2.68 bits per heavy atom. The smallest absolute Gasteiger partial charge is 0.338 e. The first-order chi connectivity index (χ1) is 11.7. The molecule has 0 aromatic heterocycles. The summed E-state index contributed by atoms with van der Waals surface area (Å²) in [5.74, 6) is -0.496. The Bertz CT molecular complexity index is 764. The monoisotopic (exact) mass is 360 g/mol. The molecule has 0 radical (unpaired) electrons. The minimum Gasteiger partial charge on any atom is -0.462 e. The van der Waals surface area contributed by atoms with Crippen molar-refractivity contribution in [3.8, 4) is 0 Å². The maximum atomic E-state index is 12.5. The molecule has 1 atom stereocenters. The molecule has 2 aromatic rings. The largest absolute Gasteiger partial charge is 0.462 e. The summed E-state index contributed by atoms with van der Waals surface area (Å²) in [6, 6.07) is 14.6. The molecule has 0 fully saturated rings. The van der Waals surface area contributed by atoms with E-state index in [1.165, 1.54) is 11.1 Å². The summed E-state index contributed by atoms with van der Waals surface area (Å²) in [6.07, 6.45) is 0.652. The number of esters is 1. The van der Waals surface area contributed by atoms with Crippen molar-refractivity contribution < 1.29 is 14.3 Å². The highest BCUT2D eigenvalue weighted by molar-refractivity contribution is 5.97. The van der Waals surface area contributed by atoms with E-state index in [9.17, 15) is 9.59 Å². The van der Waals surface area contributed by atoms with E-state index >= 15 is 0 Å². The molecule has 5 nitrogen and oxygen atoms in total. The molecule has 1 amide bonds. The number of amides is 1. The predicted octanol–water partition coefficient (Wildman–Crippen LogP) is 2.94. The zero-order chi connectivity index (χ0) is 16.9. The van der Waals surface area contributed by atoms with Crippen LogP contribution in [0.2, 0.25) is 0 Å². The van der Waals surface area contributed by atoms with Crippen LogP contribution in [0.5, 0.6) is 0 Å². The highest BCUT2D eigenvalue weighted by Crippen LogP contribution is 2.18. The number of benzene rings is 2. The van der Waals surface area contributed by atoms with E-state index in [0.29, 0.717) is 30.8 Å². The Kier molecular flexibility index (Phi) is 6.56. The highest BCUT2D eigenvalue weighted by atomic mass is 35.5. The summed E-state index contributed by atoms with van der Waals surface area (Å²) >= 11 is 0. The van der Waals surface area contributed by atoms with E-state index in [2.05, 4.69) is 22.8 Å². The van der Waals surface area contributed by atoms with Crippen molar-refractivity contribution in [2.75, 3.05) is 11.9 Å². The Morgan fingerprint density at radius 1 is 1.16 bits per heavy atom. The van der Waals surface area contributed by atoms with Gasteiger partial charge in [-0.3, -0.25) is 4.79 Å². The summed E-state index contributed by atoms with van der Waals surface area (Å²) in [5.41, 5.74) is 3.44. The van der Waals surface area contributed by atoms with E-state index in [-0.39, 0.29) is 24.4 Å². The fourth-order valence-electron chi connectivity index (χ4n) is 2.81. The van der Waals surface area contributed by atoms with Crippen molar-refractivity contribution in [3.05, 3.63) is 65.2 Å². The third-order valence-corrected chi connectivity index (χ3v) is 4.04. The van der Waals surface area contributed by atoms with E-state index in [1.807, 2.05) is 12.1 Å². The standard InChI is InChI=1S/C19H20N2O3.ClH/c1-2-24-19(23)14-8-5-9-16(10-14)21-18(22)17-11-13-6-3-4-7-15(13)12-20-17;/h3-10,17,20H,2,11-12H2,1H3,(H,21,22);1H. The third-order valence-electron chi connectivity index (χ3n) is 4.04.